The molecule has 2 aromatic carbocycles. The summed E-state index contributed by atoms with van der Waals surface area (Å²) in [5.74, 6) is -1.61. The molecule has 2 amide bonds. The molecule has 1 saturated heterocycles. The number of ether oxygens (including phenoxy) is 1. The van der Waals surface area contributed by atoms with Gasteiger partial charge in [0.05, 0.1) is 6.54 Å². The average molecular weight is 404 g/mol. The largest absolute Gasteiger partial charge is 0.484 e. The third kappa shape index (κ3) is 5.08. The number of carbonyl (C=O) groups is 2. The van der Waals surface area contributed by atoms with E-state index in [0.29, 0.717) is 24.8 Å². The molecular formula is C21H22F2N2O4. The molecule has 1 aliphatic rings. The number of hydrogen-bond acceptors (Lipinski definition) is 4. The normalized spacial score (nSPS) is 15.9. The Morgan fingerprint density at radius 3 is 2.59 bits per heavy atom. The van der Waals surface area contributed by atoms with Gasteiger partial charge in [0.2, 0.25) is 5.91 Å². The molecule has 8 heteroatoms. The minimum absolute atomic E-state index is 0.0858. The minimum Gasteiger partial charge on any atom is -0.484 e. The van der Waals surface area contributed by atoms with Crippen LogP contribution in [-0.2, 0) is 15.2 Å². The Bertz CT molecular complexity index is 900. The quantitative estimate of drug-likeness (QED) is 0.743. The summed E-state index contributed by atoms with van der Waals surface area (Å²) in [6.45, 7) is 1.44. The van der Waals surface area contributed by atoms with Crippen molar-refractivity contribution in [3.05, 3.63) is 59.7 Å². The first-order valence-electron chi connectivity index (χ1n) is 9.24. The van der Waals surface area contributed by atoms with Crippen molar-refractivity contribution in [1.29, 1.82) is 0 Å². The molecule has 1 aliphatic heterocycles. The predicted molar refractivity (Wildman–Crippen MR) is 102 cm³/mol. The van der Waals surface area contributed by atoms with Gasteiger partial charge in [-0.15, -0.1) is 0 Å². The summed E-state index contributed by atoms with van der Waals surface area (Å²) in [6.07, 6.45) is 1.38. The fourth-order valence-corrected chi connectivity index (χ4v) is 3.14. The van der Waals surface area contributed by atoms with Crippen molar-refractivity contribution in [2.75, 3.05) is 24.6 Å². The van der Waals surface area contributed by atoms with E-state index in [1.807, 2.05) is 0 Å². The third-order valence-corrected chi connectivity index (χ3v) is 4.73. The highest BCUT2D eigenvalue weighted by Crippen LogP contribution is 2.25. The maximum atomic E-state index is 13.8. The van der Waals surface area contributed by atoms with Crippen LogP contribution in [-0.4, -0.2) is 36.6 Å². The monoisotopic (exact) mass is 404 g/mol. The molecular weight excluding hydrogens is 382 g/mol. The molecule has 2 N–H and O–H groups in total. The van der Waals surface area contributed by atoms with E-state index in [0.717, 1.165) is 24.2 Å². The highest BCUT2D eigenvalue weighted by Gasteiger charge is 2.27. The smallest absolute Gasteiger partial charge is 0.258 e. The molecule has 3 rings (SSSR count). The van der Waals surface area contributed by atoms with Crippen LogP contribution in [0.3, 0.4) is 0 Å². The predicted octanol–water partition coefficient (Wildman–Crippen LogP) is 2.49. The van der Waals surface area contributed by atoms with Crippen molar-refractivity contribution < 1.29 is 28.2 Å². The molecule has 0 aromatic heterocycles. The van der Waals surface area contributed by atoms with E-state index in [9.17, 15) is 23.5 Å². The number of anilines is 1. The van der Waals surface area contributed by atoms with Crippen LogP contribution in [0.15, 0.2) is 42.5 Å². The Morgan fingerprint density at radius 2 is 1.97 bits per heavy atom. The van der Waals surface area contributed by atoms with Gasteiger partial charge in [-0.25, -0.2) is 8.78 Å². The second kappa shape index (κ2) is 8.57. The van der Waals surface area contributed by atoms with Gasteiger partial charge in [0.25, 0.3) is 5.91 Å². The topological polar surface area (TPSA) is 78.9 Å². The number of amides is 2. The Kier molecular flexibility index (Phi) is 6.12. The molecule has 0 spiro atoms. The lowest BCUT2D eigenvalue weighted by atomic mass is 9.95. The highest BCUT2D eigenvalue weighted by atomic mass is 19.1. The number of benzene rings is 2. The van der Waals surface area contributed by atoms with Crippen molar-refractivity contribution in [3.8, 4) is 5.75 Å². The molecule has 0 radical (unpaired) electrons. The summed E-state index contributed by atoms with van der Waals surface area (Å²) in [6, 6.07) is 9.68. The molecule has 1 fully saturated rings. The lowest BCUT2D eigenvalue weighted by molar-refractivity contribution is -0.124. The van der Waals surface area contributed by atoms with Crippen molar-refractivity contribution in [3.63, 3.8) is 0 Å². The van der Waals surface area contributed by atoms with Gasteiger partial charge in [-0.05, 0) is 43.7 Å². The van der Waals surface area contributed by atoms with E-state index in [1.165, 1.54) is 6.92 Å². The molecule has 0 aliphatic carbocycles. The molecule has 0 unspecified atom stereocenters. The van der Waals surface area contributed by atoms with Gasteiger partial charge in [0, 0.05) is 30.3 Å². The molecule has 6 nitrogen and oxygen atoms in total. The van der Waals surface area contributed by atoms with Crippen LogP contribution in [0.2, 0.25) is 0 Å². The van der Waals surface area contributed by atoms with Crippen molar-refractivity contribution in [2.45, 2.75) is 25.4 Å². The fourth-order valence-electron chi connectivity index (χ4n) is 3.14. The van der Waals surface area contributed by atoms with Crippen molar-refractivity contribution in [2.24, 2.45) is 0 Å². The second-order valence-electron chi connectivity index (χ2n) is 7.11. The van der Waals surface area contributed by atoms with Crippen LogP contribution in [0.1, 0.15) is 25.3 Å². The average Bonchev–Trinajstić information content (AvgIpc) is 3.11. The summed E-state index contributed by atoms with van der Waals surface area (Å²) in [5.41, 5.74) is -1.05. The number of hydrogen-bond donors (Lipinski definition) is 2. The lowest BCUT2D eigenvalue weighted by Gasteiger charge is -2.24. The van der Waals surface area contributed by atoms with E-state index in [1.54, 1.807) is 29.2 Å². The summed E-state index contributed by atoms with van der Waals surface area (Å²) < 4.78 is 32.3. The number of nitrogens with one attached hydrogen (secondary N) is 1. The Morgan fingerprint density at radius 1 is 1.24 bits per heavy atom. The van der Waals surface area contributed by atoms with Crippen molar-refractivity contribution >= 4 is 17.5 Å². The first kappa shape index (κ1) is 20.7. The zero-order valence-electron chi connectivity index (χ0n) is 16.0. The van der Waals surface area contributed by atoms with Crippen LogP contribution < -0.4 is 15.0 Å². The minimum atomic E-state index is -1.71. The van der Waals surface area contributed by atoms with Gasteiger partial charge in [0.15, 0.2) is 6.61 Å². The summed E-state index contributed by atoms with van der Waals surface area (Å²) in [5, 5.41) is 12.9. The van der Waals surface area contributed by atoms with E-state index < -0.39 is 23.1 Å². The molecule has 154 valence electrons. The molecule has 1 atom stereocenters. The lowest BCUT2D eigenvalue weighted by Crippen LogP contribution is -2.41. The number of rotatable bonds is 7. The number of halogens is 2. The van der Waals surface area contributed by atoms with Gasteiger partial charge in [-0.2, -0.15) is 0 Å². The summed E-state index contributed by atoms with van der Waals surface area (Å²) >= 11 is 0. The Labute approximate surface area is 167 Å². The summed E-state index contributed by atoms with van der Waals surface area (Å²) in [4.78, 5) is 25.4. The van der Waals surface area contributed by atoms with Gasteiger partial charge < -0.3 is 20.1 Å². The molecule has 2 aromatic rings. The molecule has 1 heterocycles. The van der Waals surface area contributed by atoms with Gasteiger partial charge in [0.1, 0.15) is 23.0 Å². The number of carbonyl (C=O) groups excluding carboxylic acids is 2. The van der Waals surface area contributed by atoms with Gasteiger partial charge in [-0.1, -0.05) is 6.07 Å². The molecule has 0 bridgehead atoms. The Balaban J connectivity index is 1.50. The standard InChI is InChI=1S/C21H22F2N2O4/c1-21(28,17-9-4-14(22)11-18(17)23)13-24-19(26)12-29-16-7-5-15(6-8-16)25-10-2-3-20(25)27/h4-9,11,28H,2-3,10,12-13H2,1H3,(H,24,26)/t21-/m1/s1. The number of aliphatic hydroxyl groups is 1. The maximum absolute atomic E-state index is 13.8. The van der Waals surface area contributed by atoms with Crippen LogP contribution in [0.25, 0.3) is 0 Å². The van der Waals surface area contributed by atoms with Crippen LogP contribution in [0.4, 0.5) is 14.5 Å². The van der Waals surface area contributed by atoms with E-state index in [4.69, 9.17) is 4.74 Å². The molecule has 0 saturated carbocycles. The zero-order valence-corrected chi connectivity index (χ0v) is 16.0. The number of nitrogens with zero attached hydrogens (tertiary/aromatic N) is 1. The maximum Gasteiger partial charge on any atom is 0.258 e. The molecule has 29 heavy (non-hydrogen) atoms. The second-order valence-corrected chi connectivity index (χ2v) is 7.11. The first-order valence-corrected chi connectivity index (χ1v) is 9.24. The van der Waals surface area contributed by atoms with E-state index >= 15 is 0 Å². The van der Waals surface area contributed by atoms with Crippen molar-refractivity contribution in [1.82, 2.24) is 5.32 Å². The SMILES string of the molecule is C[C@@](O)(CNC(=O)COc1ccc(N2CCCC2=O)cc1)c1ccc(F)cc1F. The zero-order chi connectivity index (χ0) is 21.0. The van der Waals surface area contributed by atoms with Crippen LogP contribution >= 0.6 is 0 Å². The van der Waals surface area contributed by atoms with E-state index in [2.05, 4.69) is 5.32 Å². The fraction of sp³-hybridized carbons (Fsp3) is 0.333. The first-order chi connectivity index (χ1) is 13.8. The van der Waals surface area contributed by atoms with Gasteiger partial charge in [-0.3, -0.25) is 9.59 Å². The summed E-state index contributed by atoms with van der Waals surface area (Å²) in [7, 11) is 0. The van der Waals surface area contributed by atoms with Crippen LogP contribution in [0.5, 0.6) is 5.75 Å². The Hall–Kier alpha value is -3.00. The highest BCUT2D eigenvalue weighted by molar-refractivity contribution is 5.95. The third-order valence-electron chi connectivity index (χ3n) is 4.73. The van der Waals surface area contributed by atoms with Crippen LogP contribution in [0, 0.1) is 11.6 Å². The van der Waals surface area contributed by atoms with Gasteiger partial charge >= 0.3 is 0 Å². The van der Waals surface area contributed by atoms with E-state index in [-0.39, 0.29) is 24.6 Å².